The fourth-order valence-electron chi connectivity index (χ4n) is 4.17. The zero-order valence-electron chi connectivity index (χ0n) is 24.2. The molecule has 40 heavy (non-hydrogen) atoms. The summed E-state index contributed by atoms with van der Waals surface area (Å²) in [5.41, 5.74) is 1.60. The highest BCUT2D eigenvalue weighted by Gasteiger charge is 2.20. The fourth-order valence-corrected chi connectivity index (χ4v) is 4.17. The van der Waals surface area contributed by atoms with Gasteiger partial charge in [-0.1, -0.05) is 45.4 Å². The molecular formula is C31H42N2O7. The Hall–Kier alpha value is -4.01. The molecule has 0 heterocycles. The molecule has 2 N–H and O–H groups in total. The lowest BCUT2D eigenvalue weighted by molar-refractivity contribution is -0.118. The largest absolute Gasteiger partial charge is 0.502 e. The molecule has 0 aromatic heterocycles. The molecule has 2 amide bonds. The molecule has 0 aliphatic heterocycles. The van der Waals surface area contributed by atoms with Crippen LogP contribution in [0.3, 0.4) is 0 Å². The molecule has 0 spiro atoms. The summed E-state index contributed by atoms with van der Waals surface area (Å²) in [6, 6.07) is 7.86. The minimum Gasteiger partial charge on any atom is -0.502 e. The van der Waals surface area contributed by atoms with E-state index < -0.39 is 11.9 Å². The van der Waals surface area contributed by atoms with Crippen molar-refractivity contribution in [2.45, 2.75) is 65.2 Å². The van der Waals surface area contributed by atoms with Gasteiger partial charge < -0.3 is 29.5 Å². The summed E-state index contributed by atoms with van der Waals surface area (Å²) < 4.78 is 15.5. The number of nitrogens with one attached hydrogen (secondary N) is 1. The lowest BCUT2D eigenvalue weighted by Gasteiger charge is -2.21. The number of phenols is 1. The van der Waals surface area contributed by atoms with Crippen molar-refractivity contribution in [3.63, 3.8) is 0 Å². The second-order valence-electron chi connectivity index (χ2n) is 9.37. The lowest BCUT2D eigenvalue weighted by Crippen LogP contribution is -2.28. The summed E-state index contributed by atoms with van der Waals surface area (Å²) in [5, 5.41) is 12.8. The number of carbonyl (C=O) groups is 3. The van der Waals surface area contributed by atoms with Gasteiger partial charge in [0.2, 0.25) is 17.6 Å². The molecule has 9 nitrogen and oxygen atoms in total. The number of rotatable bonds is 16. The van der Waals surface area contributed by atoms with Gasteiger partial charge in [-0.2, -0.15) is 0 Å². The Morgan fingerprint density at radius 3 is 2.15 bits per heavy atom. The predicted molar refractivity (Wildman–Crippen MR) is 157 cm³/mol. The smallest absolute Gasteiger partial charge is 0.340 e. The topological polar surface area (TPSA) is 114 Å². The Kier molecular flexibility index (Phi) is 13.6. The third kappa shape index (κ3) is 9.63. The highest BCUT2D eigenvalue weighted by molar-refractivity contribution is 6.06. The summed E-state index contributed by atoms with van der Waals surface area (Å²) in [5.74, 6) is -0.797. The van der Waals surface area contributed by atoms with Crippen LogP contribution in [0.4, 0.5) is 11.4 Å². The maximum Gasteiger partial charge on any atom is 0.340 e. The molecule has 0 radical (unpaired) electrons. The Bertz CT molecular complexity index is 1150. The molecule has 0 aliphatic carbocycles. The van der Waals surface area contributed by atoms with Crippen LogP contribution in [0.5, 0.6) is 17.2 Å². The van der Waals surface area contributed by atoms with Gasteiger partial charge in [0.05, 0.1) is 32.1 Å². The first kappa shape index (κ1) is 32.2. The number of benzene rings is 2. The van der Waals surface area contributed by atoms with Gasteiger partial charge >= 0.3 is 5.97 Å². The van der Waals surface area contributed by atoms with Crippen molar-refractivity contribution >= 4 is 35.2 Å². The van der Waals surface area contributed by atoms with Gasteiger partial charge in [0.15, 0.2) is 11.5 Å². The number of amides is 2. The van der Waals surface area contributed by atoms with Crippen LogP contribution >= 0.6 is 0 Å². The number of nitrogens with zero attached hydrogens (tertiary/aromatic N) is 1. The van der Waals surface area contributed by atoms with Gasteiger partial charge in [0, 0.05) is 25.2 Å². The average molecular weight is 555 g/mol. The van der Waals surface area contributed by atoms with Crippen LogP contribution in [-0.2, 0) is 14.3 Å². The van der Waals surface area contributed by atoms with Crippen molar-refractivity contribution in [1.29, 1.82) is 0 Å². The highest BCUT2D eigenvalue weighted by atomic mass is 16.5. The van der Waals surface area contributed by atoms with Crippen molar-refractivity contribution < 1.29 is 33.7 Å². The SMILES string of the molecule is CCCCCCCCCC(=O)N(C)c1cc(NC(=O)C=Cc2cc(OC)c(O)c(OC)c2)ccc1C(=O)OCC. The quantitative estimate of drug-likeness (QED) is 0.141. The number of anilines is 2. The van der Waals surface area contributed by atoms with E-state index in [9.17, 15) is 19.5 Å². The maximum atomic E-state index is 13.0. The van der Waals surface area contributed by atoms with E-state index in [2.05, 4.69) is 12.2 Å². The molecule has 0 fully saturated rings. The number of hydrogen-bond acceptors (Lipinski definition) is 7. The first-order valence-electron chi connectivity index (χ1n) is 13.8. The Labute approximate surface area is 237 Å². The summed E-state index contributed by atoms with van der Waals surface area (Å²) in [4.78, 5) is 39.7. The molecule has 2 aromatic carbocycles. The maximum absolute atomic E-state index is 13.0. The summed E-state index contributed by atoms with van der Waals surface area (Å²) in [6.07, 6.45) is 10.9. The second-order valence-corrected chi connectivity index (χ2v) is 9.37. The number of hydrogen-bond donors (Lipinski definition) is 2. The third-order valence-electron chi connectivity index (χ3n) is 6.42. The Morgan fingerprint density at radius 2 is 1.55 bits per heavy atom. The second kappa shape index (κ2) is 16.8. The molecule has 0 saturated carbocycles. The number of unbranched alkanes of at least 4 members (excludes halogenated alkanes) is 6. The molecule has 218 valence electrons. The van der Waals surface area contributed by atoms with Crippen LogP contribution in [0.25, 0.3) is 6.08 Å². The van der Waals surface area contributed by atoms with Crippen LogP contribution in [0.2, 0.25) is 0 Å². The average Bonchev–Trinajstić information content (AvgIpc) is 2.95. The van der Waals surface area contributed by atoms with Crippen LogP contribution in [0.15, 0.2) is 36.4 Å². The van der Waals surface area contributed by atoms with E-state index in [-0.39, 0.29) is 35.3 Å². The third-order valence-corrected chi connectivity index (χ3v) is 6.42. The number of phenolic OH excluding ortho intramolecular Hbond substituents is 1. The van der Waals surface area contributed by atoms with Crippen molar-refractivity contribution in [2.75, 3.05) is 38.1 Å². The fraction of sp³-hybridized carbons (Fsp3) is 0.452. The van der Waals surface area contributed by atoms with Gasteiger partial charge in [-0.05, 0) is 55.3 Å². The standard InChI is InChI=1S/C31H42N2O7/c1-6-8-9-10-11-12-13-14-29(35)33(3)25-21-23(16-17-24(25)31(37)40-7-2)32-28(34)18-15-22-19-26(38-4)30(36)27(20-22)39-5/h15-21,36H,6-14H2,1-5H3,(H,32,34). The van der Waals surface area contributed by atoms with Crippen LogP contribution in [0.1, 0.15) is 81.1 Å². The Morgan fingerprint density at radius 1 is 0.925 bits per heavy atom. The minimum absolute atomic E-state index is 0.113. The Balaban J connectivity index is 2.15. The van der Waals surface area contributed by atoms with Crippen LogP contribution in [0, 0.1) is 0 Å². The normalized spacial score (nSPS) is 10.8. The predicted octanol–water partition coefficient (Wildman–Crippen LogP) is 6.34. The molecule has 0 saturated heterocycles. The van der Waals surface area contributed by atoms with Crippen LogP contribution < -0.4 is 19.7 Å². The van der Waals surface area contributed by atoms with Crippen molar-refractivity contribution in [2.24, 2.45) is 0 Å². The van der Waals surface area contributed by atoms with E-state index in [1.54, 1.807) is 50.4 Å². The molecule has 0 aliphatic rings. The number of methoxy groups -OCH3 is 2. The zero-order chi connectivity index (χ0) is 29.5. The molecule has 9 heteroatoms. The molecular weight excluding hydrogens is 512 g/mol. The number of aromatic hydroxyl groups is 1. The number of ether oxygens (including phenoxy) is 3. The molecule has 2 rings (SSSR count). The summed E-state index contributed by atoms with van der Waals surface area (Å²) in [6.45, 7) is 4.10. The van der Waals surface area contributed by atoms with E-state index in [0.29, 0.717) is 23.4 Å². The van der Waals surface area contributed by atoms with Gasteiger partial charge in [0.25, 0.3) is 0 Å². The monoisotopic (exact) mass is 554 g/mol. The lowest BCUT2D eigenvalue weighted by atomic mass is 10.1. The van der Waals surface area contributed by atoms with E-state index >= 15 is 0 Å². The van der Waals surface area contributed by atoms with E-state index in [4.69, 9.17) is 14.2 Å². The van der Waals surface area contributed by atoms with Gasteiger partial charge in [-0.3, -0.25) is 9.59 Å². The number of carbonyl (C=O) groups excluding carboxylic acids is 3. The van der Waals surface area contributed by atoms with Crippen LogP contribution in [-0.4, -0.2) is 50.8 Å². The molecule has 0 bridgehead atoms. The number of esters is 1. The van der Waals surface area contributed by atoms with Gasteiger partial charge in [0.1, 0.15) is 0 Å². The van der Waals surface area contributed by atoms with Gasteiger partial charge in [-0.15, -0.1) is 0 Å². The van der Waals surface area contributed by atoms with Crippen molar-refractivity contribution in [3.8, 4) is 17.2 Å². The molecule has 0 atom stereocenters. The molecule has 0 unspecified atom stereocenters. The first-order chi connectivity index (χ1) is 19.2. The summed E-state index contributed by atoms with van der Waals surface area (Å²) >= 11 is 0. The minimum atomic E-state index is -0.541. The van der Waals surface area contributed by atoms with E-state index in [1.165, 1.54) is 50.9 Å². The van der Waals surface area contributed by atoms with Crippen molar-refractivity contribution in [3.05, 3.63) is 47.5 Å². The van der Waals surface area contributed by atoms with Gasteiger partial charge in [-0.25, -0.2) is 4.79 Å². The molecule has 2 aromatic rings. The first-order valence-corrected chi connectivity index (χ1v) is 13.8. The van der Waals surface area contributed by atoms with Crippen molar-refractivity contribution in [1.82, 2.24) is 0 Å². The zero-order valence-corrected chi connectivity index (χ0v) is 24.2. The van der Waals surface area contributed by atoms with E-state index in [0.717, 1.165) is 19.3 Å². The van der Waals surface area contributed by atoms with E-state index in [1.807, 2.05) is 0 Å². The highest BCUT2D eigenvalue weighted by Crippen LogP contribution is 2.37. The summed E-state index contributed by atoms with van der Waals surface area (Å²) in [7, 11) is 4.46.